The van der Waals surface area contributed by atoms with Crippen LogP contribution in [0, 0.1) is 13.8 Å². The molecule has 0 aliphatic heterocycles. The van der Waals surface area contributed by atoms with Gasteiger partial charge in [-0.1, -0.05) is 6.92 Å². The van der Waals surface area contributed by atoms with Gasteiger partial charge in [0.1, 0.15) is 0 Å². The van der Waals surface area contributed by atoms with Crippen molar-refractivity contribution < 1.29 is 4.74 Å². The smallest absolute Gasteiger partial charge is 0.322 e. The molecule has 7 heteroatoms. The Morgan fingerprint density at radius 3 is 2.43 bits per heavy atom. The summed E-state index contributed by atoms with van der Waals surface area (Å²) in [5, 5.41) is 6.36. The Labute approximate surface area is 129 Å². The van der Waals surface area contributed by atoms with Crippen LogP contribution < -0.4 is 15.4 Å². The van der Waals surface area contributed by atoms with E-state index in [-0.39, 0.29) is 0 Å². The van der Waals surface area contributed by atoms with Crippen molar-refractivity contribution in [1.82, 2.24) is 15.0 Å². The molecule has 0 aliphatic carbocycles. The average Bonchev–Trinajstić information content (AvgIpc) is 2.81. The molecule has 0 fully saturated rings. The maximum Gasteiger partial charge on any atom is 0.322 e. The van der Waals surface area contributed by atoms with Gasteiger partial charge in [0.15, 0.2) is 0 Å². The summed E-state index contributed by atoms with van der Waals surface area (Å²) in [4.78, 5) is 15.3. The van der Waals surface area contributed by atoms with E-state index in [4.69, 9.17) is 4.74 Å². The Bertz CT molecular complexity index is 580. The predicted octanol–water partition coefficient (Wildman–Crippen LogP) is 2.99. The van der Waals surface area contributed by atoms with Gasteiger partial charge in [-0.2, -0.15) is 15.0 Å². The summed E-state index contributed by atoms with van der Waals surface area (Å²) in [6.45, 7) is 7.85. The minimum Gasteiger partial charge on any atom is -0.467 e. The van der Waals surface area contributed by atoms with Gasteiger partial charge in [-0.05, 0) is 31.9 Å². The van der Waals surface area contributed by atoms with Crippen molar-refractivity contribution in [2.75, 3.05) is 24.3 Å². The molecule has 0 saturated heterocycles. The van der Waals surface area contributed by atoms with E-state index in [1.54, 1.807) is 18.4 Å². The highest BCUT2D eigenvalue weighted by molar-refractivity contribution is 7.12. The van der Waals surface area contributed by atoms with Crippen LogP contribution in [0.3, 0.4) is 0 Å². The maximum absolute atomic E-state index is 5.11. The van der Waals surface area contributed by atoms with Crippen molar-refractivity contribution in [3.63, 3.8) is 0 Å². The van der Waals surface area contributed by atoms with Crippen molar-refractivity contribution in [3.8, 4) is 6.01 Å². The molecule has 0 atom stereocenters. The second kappa shape index (κ2) is 7.21. The first kappa shape index (κ1) is 15.5. The van der Waals surface area contributed by atoms with Crippen LogP contribution in [0.5, 0.6) is 6.01 Å². The SMILES string of the molecule is CCCNc1nc(NCc2cc(C)c(C)s2)nc(OC)n1. The van der Waals surface area contributed by atoms with Gasteiger partial charge in [-0.3, -0.25) is 0 Å². The summed E-state index contributed by atoms with van der Waals surface area (Å²) in [6, 6.07) is 2.49. The molecule has 2 aromatic rings. The van der Waals surface area contributed by atoms with E-state index in [9.17, 15) is 0 Å². The molecule has 2 heterocycles. The van der Waals surface area contributed by atoms with E-state index in [1.165, 1.54) is 15.3 Å². The molecule has 0 spiro atoms. The molecule has 2 N–H and O–H groups in total. The molecule has 0 radical (unpaired) electrons. The summed E-state index contributed by atoms with van der Waals surface area (Å²) >= 11 is 1.78. The van der Waals surface area contributed by atoms with Gasteiger partial charge >= 0.3 is 6.01 Å². The Morgan fingerprint density at radius 1 is 1.14 bits per heavy atom. The number of nitrogens with zero attached hydrogens (tertiary/aromatic N) is 3. The lowest BCUT2D eigenvalue weighted by atomic mass is 10.3. The van der Waals surface area contributed by atoms with Crippen LogP contribution >= 0.6 is 11.3 Å². The first-order chi connectivity index (χ1) is 10.1. The Morgan fingerprint density at radius 2 is 1.86 bits per heavy atom. The standard InChI is InChI=1S/C14H21N5OS/c1-5-6-15-12-17-13(19-14(18-12)20-4)16-8-11-7-9(2)10(3)21-11/h7H,5-6,8H2,1-4H3,(H2,15,16,17,18,19). The van der Waals surface area contributed by atoms with Crippen molar-refractivity contribution >= 4 is 23.2 Å². The third kappa shape index (κ3) is 4.29. The van der Waals surface area contributed by atoms with Crippen LogP contribution in [-0.2, 0) is 6.54 Å². The first-order valence-corrected chi connectivity index (χ1v) is 7.77. The summed E-state index contributed by atoms with van der Waals surface area (Å²) in [7, 11) is 1.55. The van der Waals surface area contributed by atoms with Crippen LogP contribution in [0.4, 0.5) is 11.9 Å². The molecule has 0 bridgehead atoms. The fourth-order valence-corrected chi connectivity index (χ4v) is 2.74. The third-order valence-corrected chi connectivity index (χ3v) is 4.12. The van der Waals surface area contributed by atoms with Gasteiger partial charge in [-0.25, -0.2) is 0 Å². The molecule has 114 valence electrons. The van der Waals surface area contributed by atoms with E-state index >= 15 is 0 Å². The zero-order valence-electron chi connectivity index (χ0n) is 12.9. The fraction of sp³-hybridized carbons (Fsp3) is 0.500. The zero-order valence-corrected chi connectivity index (χ0v) is 13.7. The van der Waals surface area contributed by atoms with Gasteiger partial charge in [0.05, 0.1) is 13.7 Å². The maximum atomic E-state index is 5.11. The number of anilines is 2. The largest absolute Gasteiger partial charge is 0.467 e. The lowest BCUT2D eigenvalue weighted by molar-refractivity contribution is 0.379. The van der Waals surface area contributed by atoms with Crippen molar-refractivity contribution in [3.05, 3.63) is 21.4 Å². The first-order valence-electron chi connectivity index (χ1n) is 6.96. The lowest BCUT2D eigenvalue weighted by Gasteiger charge is -2.08. The Kier molecular flexibility index (Phi) is 5.32. The van der Waals surface area contributed by atoms with Crippen LogP contribution in [0.2, 0.25) is 0 Å². The molecule has 6 nitrogen and oxygen atoms in total. The molecule has 0 unspecified atom stereocenters. The molecule has 0 amide bonds. The molecule has 0 saturated carbocycles. The monoisotopic (exact) mass is 307 g/mol. The number of thiophene rings is 1. The quantitative estimate of drug-likeness (QED) is 0.819. The molecule has 2 rings (SSSR count). The molecule has 2 aromatic heterocycles. The highest BCUT2D eigenvalue weighted by atomic mass is 32.1. The molecule has 0 aromatic carbocycles. The number of methoxy groups -OCH3 is 1. The fourth-order valence-electron chi connectivity index (χ4n) is 1.75. The van der Waals surface area contributed by atoms with E-state index in [0.29, 0.717) is 24.5 Å². The average molecular weight is 307 g/mol. The Balaban J connectivity index is 2.07. The summed E-state index contributed by atoms with van der Waals surface area (Å²) in [6.07, 6.45) is 1.00. The van der Waals surface area contributed by atoms with Gasteiger partial charge in [-0.15, -0.1) is 11.3 Å². The van der Waals surface area contributed by atoms with Crippen LogP contribution in [0.15, 0.2) is 6.07 Å². The normalized spacial score (nSPS) is 10.5. The molecule has 21 heavy (non-hydrogen) atoms. The number of rotatable bonds is 7. The second-order valence-electron chi connectivity index (χ2n) is 4.70. The highest BCUT2D eigenvalue weighted by Gasteiger charge is 2.07. The van der Waals surface area contributed by atoms with Gasteiger partial charge < -0.3 is 15.4 Å². The predicted molar refractivity (Wildman–Crippen MR) is 86.3 cm³/mol. The Hall–Kier alpha value is -1.89. The van der Waals surface area contributed by atoms with Crippen LogP contribution in [-0.4, -0.2) is 28.6 Å². The van der Waals surface area contributed by atoms with E-state index in [0.717, 1.165) is 13.0 Å². The van der Waals surface area contributed by atoms with Crippen molar-refractivity contribution in [2.45, 2.75) is 33.7 Å². The molecular formula is C14H21N5OS. The lowest BCUT2D eigenvalue weighted by Crippen LogP contribution is -2.10. The number of nitrogens with one attached hydrogen (secondary N) is 2. The van der Waals surface area contributed by atoms with Crippen molar-refractivity contribution in [2.24, 2.45) is 0 Å². The summed E-state index contributed by atoms with van der Waals surface area (Å²) < 4.78 is 5.11. The van der Waals surface area contributed by atoms with Crippen molar-refractivity contribution in [1.29, 1.82) is 0 Å². The molecular weight excluding hydrogens is 286 g/mol. The third-order valence-electron chi connectivity index (χ3n) is 2.97. The zero-order chi connectivity index (χ0) is 15.2. The van der Waals surface area contributed by atoms with E-state index < -0.39 is 0 Å². The minimum absolute atomic E-state index is 0.310. The van der Waals surface area contributed by atoms with Gasteiger partial charge in [0, 0.05) is 16.3 Å². The van der Waals surface area contributed by atoms with Gasteiger partial charge in [0.2, 0.25) is 11.9 Å². The molecule has 0 aliphatic rings. The van der Waals surface area contributed by atoms with Crippen LogP contribution in [0.25, 0.3) is 0 Å². The number of hydrogen-bond acceptors (Lipinski definition) is 7. The van der Waals surface area contributed by atoms with Gasteiger partial charge in [0.25, 0.3) is 0 Å². The number of ether oxygens (including phenoxy) is 1. The van der Waals surface area contributed by atoms with E-state index in [2.05, 4.69) is 52.4 Å². The topological polar surface area (TPSA) is 72.0 Å². The second-order valence-corrected chi connectivity index (χ2v) is 6.04. The van der Waals surface area contributed by atoms with Crippen LogP contribution in [0.1, 0.15) is 28.7 Å². The number of aryl methyl sites for hydroxylation is 2. The number of hydrogen-bond donors (Lipinski definition) is 2. The summed E-state index contributed by atoms with van der Waals surface area (Å²) in [5.41, 5.74) is 1.32. The minimum atomic E-state index is 0.310. The summed E-state index contributed by atoms with van der Waals surface area (Å²) in [5.74, 6) is 1.05. The highest BCUT2D eigenvalue weighted by Crippen LogP contribution is 2.21. The number of aromatic nitrogens is 3. The van der Waals surface area contributed by atoms with E-state index in [1.807, 2.05) is 0 Å².